The third kappa shape index (κ3) is 7.67. The van der Waals surface area contributed by atoms with Crippen LogP contribution in [-0.4, -0.2) is 41.5 Å². The van der Waals surface area contributed by atoms with Gasteiger partial charge >= 0.3 is 0 Å². The van der Waals surface area contributed by atoms with Crippen molar-refractivity contribution in [3.8, 4) is 0 Å². The number of aryl methyl sites for hydroxylation is 1. The fourth-order valence-electron chi connectivity index (χ4n) is 4.52. The molecule has 0 spiro atoms. The van der Waals surface area contributed by atoms with E-state index in [2.05, 4.69) is 0 Å². The molecule has 226 valence electrons. The molecule has 43 heavy (non-hydrogen) atoms. The molecule has 0 aliphatic heterocycles. The smallest absolute Gasteiger partial charge is 0.289 e. The number of carbonyl (C=O) groups excluding carboxylic acids is 1. The van der Waals surface area contributed by atoms with Crippen LogP contribution in [0.3, 0.4) is 0 Å². The second kappa shape index (κ2) is 13.5. The first kappa shape index (κ1) is 31.9. The summed E-state index contributed by atoms with van der Waals surface area (Å²) in [5, 5.41) is 11.6. The second-order valence-corrected chi connectivity index (χ2v) is 13.1. The number of amides is 1. The number of nitro benzene ring substituents is 1. The Balaban J connectivity index is 1.71. The number of sulfonamides is 1. The Morgan fingerprint density at radius 2 is 1.77 bits per heavy atom. The summed E-state index contributed by atoms with van der Waals surface area (Å²) in [4.78, 5) is 39.0. The van der Waals surface area contributed by atoms with Crippen LogP contribution in [-0.2, 0) is 27.9 Å². The maximum absolute atomic E-state index is 13.9. The Labute approximate surface area is 254 Å². The van der Waals surface area contributed by atoms with E-state index in [0.717, 1.165) is 27.6 Å². The van der Waals surface area contributed by atoms with Gasteiger partial charge in [0.1, 0.15) is 10.6 Å². The average Bonchev–Trinajstić information content (AvgIpc) is 2.96. The molecule has 4 aromatic rings. The molecule has 0 saturated carbocycles. The summed E-state index contributed by atoms with van der Waals surface area (Å²) in [6.45, 7) is 5.14. The monoisotopic (exact) mass is 625 g/mol. The third-order valence-corrected chi connectivity index (χ3v) is 9.11. The molecule has 1 heterocycles. The van der Waals surface area contributed by atoms with E-state index in [0.29, 0.717) is 17.4 Å². The fraction of sp³-hybridized carbons (Fsp3) is 0.290. The SMILES string of the molecule is Cc1ccc2occ(CN(Cc3ccccc3)C(=O)CN(CCC(C)C)S(=O)(=O)c3ccc(Cl)c([N+](=O)[O-])c3)c(=O)c2c1. The van der Waals surface area contributed by atoms with Gasteiger partial charge in [-0.15, -0.1) is 0 Å². The molecule has 0 N–H and O–H groups in total. The fourth-order valence-corrected chi connectivity index (χ4v) is 6.13. The number of nitro groups is 1. The molecule has 0 atom stereocenters. The molecule has 1 aromatic heterocycles. The lowest BCUT2D eigenvalue weighted by Gasteiger charge is -2.28. The number of fused-ring (bicyclic) bond motifs is 1. The van der Waals surface area contributed by atoms with Gasteiger partial charge in [-0.3, -0.25) is 19.7 Å². The van der Waals surface area contributed by atoms with Crippen LogP contribution in [0.15, 0.2) is 87.1 Å². The number of benzene rings is 3. The minimum absolute atomic E-state index is 0.00126. The maximum atomic E-state index is 13.9. The van der Waals surface area contributed by atoms with Crippen molar-refractivity contribution in [3.63, 3.8) is 0 Å². The first-order chi connectivity index (χ1) is 20.4. The summed E-state index contributed by atoms with van der Waals surface area (Å²) in [7, 11) is -4.34. The van der Waals surface area contributed by atoms with Crippen molar-refractivity contribution in [1.29, 1.82) is 0 Å². The predicted molar refractivity (Wildman–Crippen MR) is 164 cm³/mol. The lowest BCUT2D eigenvalue weighted by Crippen LogP contribution is -2.43. The van der Waals surface area contributed by atoms with Gasteiger partial charge in [-0.1, -0.05) is 67.4 Å². The molecule has 0 fully saturated rings. The number of carbonyl (C=O) groups is 1. The van der Waals surface area contributed by atoms with Gasteiger partial charge in [0, 0.05) is 19.2 Å². The van der Waals surface area contributed by atoms with Crippen molar-refractivity contribution in [2.24, 2.45) is 5.92 Å². The molecule has 0 saturated heterocycles. The summed E-state index contributed by atoms with van der Waals surface area (Å²) in [5.74, 6) is -0.443. The number of rotatable bonds is 12. The Morgan fingerprint density at radius 1 is 1.05 bits per heavy atom. The van der Waals surface area contributed by atoms with Gasteiger partial charge in [-0.25, -0.2) is 8.42 Å². The molecule has 0 radical (unpaired) electrons. The number of halogens is 1. The largest absolute Gasteiger partial charge is 0.464 e. The Bertz CT molecular complexity index is 1810. The van der Waals surface area contributed by atoms with E-state index < -0.39 is 33.1 Å². The van der Waals surface area contributed by atoms with Gasteiger partial charge in [-0.05, 0) is 49.1 Å². The summed E-state index contributed by atoms with van der Waals surface area (Å²) in [6.07, 6.45) is 1.76. The average molecular weight is 626 g/mol. The van der Waals surface area contributed by atoms with Gasteiger partial charge in [0.05, 0.1) is 40.1 Å². The molecule has 1 amide bonds. The molecule has 12 heteroatoms. The molecular weight excluding hydrogens is 594 g/mol. The predicted octanol–water partition coefficient (Wildman–Crippen LogP) is 5.93. The number of hydrogen-bond donors (Lipinski definition) is 0. The topological polar surface area (TPSA) is 131 Å². The van der Waals surface area contributed by atoms with Crippen LogP contribution < -0.4 is 5.43 Å². The second-order valence-electron chi connectivity index (χ2n) is 10.7. The molecule has 0 bridgehead atoms. The molecular formula is C31H32ClN3O7S. The van der Waals surface area contributed by atoms with E-state index >= 15 is 0 Å². The first-order valence-corrected chi connectivity index (χ1v) is 15.5. The van der Waals surface area contributed by atoms with Crippen LogP contribution in [0.1, 0.15) is 37.0 Å². The van der Waals surface area contributed by atoms with Crippen molar-refractivity contribution in [2.75, 3.05) is 13.1 Å². The van der Waals surface area contributed by atoms with E-state index in [1.807, 2.05) is 57.2 Å². The van der Waals surface area contributed by atoms with Crippen molar-refractivity contribution >= 4 is 44.2 Å². The molecule has 4 rings (SSSR count). The van der Waals surface area contributed by atoms with Gasteiger partial charge < -0.3 is 9.32 Å². The summed E-state index contributed by atoms with van der Waals surface area (Å²) >= 11 is 5.92. The van der Waals surface area contributed by atoms with Crippen LogP contribution in [0.25, 0.3) is 11.0 Å². The highest BCUT2D eigenvalue weighted by atomic mass is 35.5. The Kier molecular flexibility index (Phi) is 10.0. The molecule has 3 aromatic carbocycles. The lowest BCUT2D eigenvalue weighted by molar-refractivity contribution is -0.384. The van der Waals surface area contributed by atoms with Crippen LogP contribution >= 0.6 is 11.6 Å². The van der Waals surface area contributed by atoms with Crippen LogP contribution in [0, 0.1) is 23.0 Å². The maximum Gasteiger partial charge on any atom is 0.289 e. The summed E-state index contributed by atoms with van der Waals surface area (Å²) < 4.78 is 34.2. The standard InChI is InChI=1S/C31H32ClN3O7S/c1-21(2)13-14-34(43(40,41)25-10-11-27(32)28(16-25)35(38)39)19-30(36)33(17-23-7-5-4-6-8-23)18-24-20-42-29-12-9-22(3)15-26(29)31(24)37/h4-12,15-16,20-21H,13-14,17-19H2,1-3H3. The molecule has 0 aliphatic carbocycles. The summed E-state index contributed by atoms with van der Waals surface area (Å²) in [5.41, 5.74) is 1.48. The molecule has 0 unspecified atom stereocenters. The van der Waals surface area contributed by atoms with Gasteiger partial charge in [0.25, 0.3) is 5.69 Å². The highest BCUT2D eigenvalue weighted by molar-refractivity contribution is 7.89. The van der Waals surface area contributed by atoms with Crippen molar-refractivity contribution in [2.45, 2.75) is 45.2 Å². The Hall–Kier alpha value is -4.06. The van der Waals surface area contributed by atoms with E-state index in [1.54, 1.807) is 12.1 Å². The number of nitrogens with zero attached hydrogens (tertiary/aromatic N) is 3. The zero-order valence-electron chi connectivity index (χ0n) is 24.0. The van der Waals surface area contributed by atoms with Gasteiger partial charge in [-0.2, -0.15) is 4.31 Å². The van der Waals surface area contributed by atoms with E-state index in [1.165, 1.54) is 17.2 Å². The minimum atomic E-state index is -4.34. The van der Waals surface area contributed by atoms with E-state index in [-0.39, 0.29) is 46.5 Å². The van der Waals surface area contributed by atoms with Gasteiger partial charge in [0.2, 0.25) is 15.9 Å². The number of hydrogen-bond acceptors (Lipinski definition) is 7. The quantitative estimate of drug-likeness (QED) is 0.141. The van der Waals surface area contributed by atoms with Crippen LogP contribution in [0.4, 0.5) is 5.69 Å². The summed E-state index contributed by atoms with van der Waals surface area (Å²) in [6, 6.07) is 17.6. The third-order valence-electron chi connectivity index (χ3n) is 6.95. The van der Waals surface area contributed by atoms with Crippen LogP contribution in [0.2, 0.25) is 5.02 Å². The lowest BCUT2D eigenvalue weighted by atomic mass is 10.1. The Morgan fingerprint density at radius 3 is 2.44 bits per heavy atom. The zero-order chi connectivity index (χ0) is 31.3. The van der Waals surface area contributed by atoms with E-state index in [9.17, 15) is 28.1 Å². The highest BCUT2D eigenvalue weighted by Gasteiger charge is 2.31. The van der Waals surface area contributed by atoms with Crippen molar-refractivity contribution < 1.29 is 22.6 Å². The van der Waals surface area contributed by atoms with Crippen molar-refractivity contribution in [1.82, 2.24) is 9.21 Å². The van der Waals surface area contributed by atoms with E-state index in [4.69, 9.17) is 16.0 Å². The normalized spacial score (nSPS) is 11.8. The molecule has 10 nitrogen and oxygen atoms in total. The van der Waals surface area contributed by atoms with Crippen LogP contribution in [0.5, 0.6) is 0 Å². The highest BCUT2D eigenvalue weighted by Crippen LogP contribution is 2.29. The van der Waals surface area contributed by atoms with Gasteiger partial charge in [0.15, 0.2) is 5.43 Å². The molecule has 0 aliphatic rings. The minimum Gasteiger partial charge on any atom is -0.464 e. The first-order valence-electron chi connectivity index (χ1n) is 13.6. The van der Waals surface area contributed by atoms with Crippen molar-refractivity contribution in [3.05, 3.63) is 115 Å². The zero-order valence-corrected chi connectivity index (χ0v) is 25.6.